The van der Waals surface area contributed by atoms with E-state index in [2.05, 4.69) is 0 Å². The summed E-state index contributed by atoms with van der Waals surface area (Å²) >= 11 is 0. The van der Waals surface area contributed by atoms with E-state index in [1.807, 2.05) is 0 Å². The van der Waals surface area contributed by atoms with Gasteiger partial charge in [-0.1, -0.05) is 0 Å². The zero-order valence-electron chi connectivity index (χ0n) is 6.32. The predicted octanol–water partition coefficient (Wildman–Crippen LogP) is -1.78. The molecular formula is C5H9N2O4S. The number of rotatable bonds is 3. The van der Waals surface area contributed by atoms with Crippen molar-refractivity contribution in [1.29, 1.82) is 0 Å². The number of morpholine rings is 1. The van der Waals surface area contributed by atoms with Crippen molar-refractivity contribution in [3.63, 3.8) is 0 Å². The summed E-state index contributed by atoms with van der Waals surface area (Å²) in [5.41, 5.74) is 0. The van der Waals surface area contributed by atoms with Gasteiger partial charge in [-0.05, 0) is 0 Å². The molecule has 1 rings (SSSR count). The van der Waals surface area contributed by atoms with Gasteiger partial charge in [0.05, 0.1) is 13.2 Å². The van der Waals surface area contributed by atoms with Crippen molar-refractivity contribution in [2.24, 2.45) is 0 Å². The molecule has 1 saturated heterocycles. The first-order chi connectivity index (χ1) is 5.67. The highest BCUT2D eigenvalue weighted by Crippen LogP contribution is 2.01. The monoisotopic (exact) mass is 193 g/mol. The summed E-state index contributed by atoms with van der Waals surface area (Å²) in [5.74, 6) is 0. The Morgan fingerprint density at radius 1 is 1.33 bits per heavy atom. The fraction of sp³-hybridized carbons (Fsp3) is 0.800. The van der Waals surface area contributed by atoms with Crippen LogP contribution in [-0.2, 0) is 19.7 Å². The molecule has 7 heteroatoms. The normalized spacial score (nSPS) is 20.3. The van der Waals surface area contributed by atoms with Gasteiger partial charge in [-0.2, -0.15) is 12.7 Å². The number of ether oxygens (including phenoxy) is 1. The Labute approximate surface area is 70.7 Å². The minimum absolute atomic E-state index is 0.275. The zero-order chi connectivity index (χ0) is 9.03. The fourth-order valence-electron chi connectivity index (χ4n) is 0.904. The number of hydrogen-bond donors (Lipinski definition) is 1. The highest BCUT2D eigenvalue weighted by atomic mass is 32.2. The molecule has 69 valence electrons. The van der Waals surface area contributed by atoms with E-state index in [1.54, 1.807) is 4.72 Å². The van der Waals surface area contributed by atoms with Crippen LogP contribution in [0.25, 0.3) is 0 Å². The van der Waals surface area contributed by atoms with Gasteiger partial charge in [-0.25, -0.2) is 4.72 Å². The number of nitrogens with one attached hydrogen (secondary N) is 1. The molecule has 1 N–H and O–H groups in total. The van der Waals surface area contributed by atoms with Crippen LogP contribution in [0.3, 0.4) is 0 Å². The lowest BCUT2D eigenvalue weighted by molar-refractivity contribution is 0.0727. The quantitative estimate of drug-likeness (QED) is 0.538. The third kappa shape index (κ3) is 2.16. The molecule has 1 amide bonds. The van der Waals surface area contributed by atoms with Crippen LogP contribution in [0.1, 0.15) is 0 Å². The second-order valence-electron chi connectivity index (χ2n) is 2.22. The van der Waals surface area contributed by atoms with E-state index in [0.29, 0.717) is 13.2 Å². The summed E-state index contributed by atoms with van der Waals surface area (Å²) in [6.45, 7) is 1.27. The van der Waals surface area contributed by atoms with E-state index in [4.69, 9.17) is 4.74 Å². The van der Waals surface area contributed by atoms with Gasteiger partial charge in [-0.3, -0.25) is 4.79 Å². The van der Waals surface area contributed by atoms with E-state index in [-0.39, 0.29) is 13.1 Å². The van der Waals surface area contributed by atoms with Crippen molar-refractivity contribution in [2.75, 3.05) is 26.3 Å². The van der Waals surface area contributed by atoms with Gasteiger partial charge >= 0.3 is 16.6 Å². The molecule has 0 atom stereocenters. The van der Waals surface area contributed by atoms with Crippen molar-refractivity contribution >= 4 is 16.6 Å². The lowest BCUT2D eigenvalue weighted by atomic mass is 10.5. The van der Waals surface area contributed by atoms with Crippen LogP contribution in [0.15, 0.2) is 0 Å². The fourth-order valence-corrected chi connectivity index (χ4v) is 1.77. The molecule has 1 radical (unpaired) electrons. The van der Waals surface area contributed by atoms with Crippen molar-refractivity contribution in [3.05, 3.63) is 0 Å². The lowest BCUT2D eigenvalue weighted by Crippen LogP contribution is -2.46. The van der Waals surface area contributed by atoms with Gasteiger partial charge in [0, 0.05) is 13.1 Å². The van der Waals surface area contributed by atoms with Crippen LogP contribution in [-0.4, -0.2) is 45.4 Å². The first-order valence-corrected chi connectivity index (χ1v) is 4.82. The first kappa shape index (κ1) is 9.43. The summed E-state index contributed by atoms with van der Waals surface area (Å²) in [4.78, 5) is 9.79. The van der Waals surface area contributed by atoms with E-state index in [1.165, 1.54) is 0 Å². The van der Waals surface area contributed by atoms with E-state index in [9.17, 15) is 13.2 Å². The Morgan fingerprint density at radius 2 is 1.92 bits per heavy atom. The largest absolute Gasteiger partial charge is 0.379 e. The van der Waals surface area contributed by atoms with Crippen molar-refractivity contribution < 1.29 is 17.9 Å². The Bertz CT molecular complexity index is 244. The summed E-state index contributed by atoms with van der Waals surface area (Å²) < 4.78 is 29.9. The Kier molecular flexibility index (Phi) is 3.01. The SMILES string of the molecule is O=[C]NS(=O)(=O)N1CCOCC1. The van der Waals surface area contributed by atoms with Crippen molar-refractivity contribution in [1.82, 2.24) is 9.03 Å². The van der Waals surface area contributed by atoms with Crippen LogP contribution in [0.2, 0.25) is 0 Å². The topological polar surface area (TPSA) is 75.7 Å². The zero-order valence-corrected chi connectivity index (χ0v) is 7.13. The summed E-state index contributed by atoms with van der Waals surface area (Å²) in [6, 6.07) is 0. The molecule has 0 aromatic heterocycles. The van der Waals surface area contributed by atoms with E-state index in [0.717, 1.165) is 10.7 Å². The molecule has 0 unspecified atom stereocenters. The highest BCUT2D eigenvalue weighted by molar-refractivity contribution is 7.87. The molecule has 0 spiro atoms. The van der Waals surface area contributed by atoms with E-state index < -0.39 is 10.2 Å². The van der Waals surface area contributed by atoms with Crippen molar-refractivity contribution in [3.8, 4) is 0 Å². The van der Waals surface area contributed by atoms with Crippen LogP contribution in [0.4, 0.5) is 0 Å². The third-order valence-corrected chi connectivity index (χ3v) is 2.87. The molecular weight excluding hydrogens is 184 g/mol. The number of carbonyl (C=O) groups excluding carboxylic acids is 1. The maximum absolute atomic E-state index is 11.1. The van der Waals surface area contributed by atoms with E-state index >= 15 is 0 Å². The molecule has 0 saturated carbocycles. The van der Waals surface area contributed by atoms with Crippen LogP contribution < -0.4 is 4.72 Å². The molecule has 1 fully saturated rings. The lowest BCUT2D eigenvalue weighted by Gasteiger charge is -2.24. The van der Waals surface area contributed by atoms with Crippen LogP contribution in [0.5, 0.6) is 0 Å². The first-order valence-electron chi connectivity index (χ1n) is 3.38. The molecule has 0 aromatic carbocycles. The molecule has 0 aliphatic carbocycles. The summed E-state index contributed by atoms with van der Waals surface area (Å²) in [5, 5.41) is 0. The summed E-state index contributed by atoms with van der Waals surface area (Å²) in [7, 11) is -3.65. The average Bonchev–Trinajstić information content (AvgIpc) is 2.06. The van der Waals surface area contributed by atoms with Gasteiger partial charge < -0.3 is 4.74 Å². The Morgan fingerprint density at radius 3 is 2.42 bits per heavy atom. The minimum atomic E-state index is -3.65. The molecule has 0 bridgehead atoms. The molecule has 12 heavy (non-hydrogen) atoms. The number of amides is 1. The average molecular weight is 193 g/mol. The van der Waals surface area contributed by atoms with Gasteiger partial charge in [0.1, 0.15) is 0 Å². The molecule has 1 aliphatic heterocycles. The predicted molar refractivity (Wildman–Crippen MR) is 40.1 cm³/mol. The highest BCUT2D eigenvalue weighted by Gasteiger charge is 2.23. The second-order valence-corrected chi connectivity index (χ2v) is 3.89. The molecule has 0 aromatic rings. The van der Waals surface area contributed by atoms with Gasteiger partial charge in [0.2, 0.25) is 0 Å². The van der Waals surface area contributed by atoms with Crippen LogP contribution in [0, 0.1) is 0 Å². The number of hydrogen-bond acceptors (Lipinski definition) is 4. The maximum Gasteiger partial charge on any atom is 0.324 e. The van der Waals surface area contributed by atoms with Gasteiger partial charge in [0.25, 0.3) is 0 Å². The maximum atomic E-state index is 11.1. The molecule has 1 aliphatic rings. The standard InChI is InChI=1S/C5H9N2O4S/c8-5-6-12(9,10)7-1-3-11-4-2-7/h1-4H2,(H,6,8). The molecule has 6 nitrogen and oxygen atoms in total. The number of nitrogens with zero attached hydrogens (tertiary/aromatic N) is 1. The second kappa shape index (κ2) is 3.83. The Hall–Kier alpha value is -0.660. The minimum Gasteiger partial charge on any atom is -0.379 e. The summed E-state index contributed by atoms with van der Waals surface area (Å²) in [6.07, 6.45) is 1.13. The smallest absolute Gasteiger partial charge is 0.324 e. The van der Waals surface area contributed by atoms with Crippen LogP contribution >= 0.6 is 0 Å². The van der Waals surface area contributed by atoms with Gasteiger partial charge in [-0.15, -0.1) is 0 Å². The van der Waals surface area contributed by atoms with Gasteiger partial charge in [0.15, 0.2) is 0 Å². The molecule has 1 heterocycles. The third-order valence-electron chi connectivity index (χ3n) is 1.48. The Balaban J connectivity index is 2.60. The van der Waals surface area contributed by atoms with Crippen molar-refractivity contribution in [2.45, 2.75) is 0 Å².